The van der Waals surface area contributed by atoms with Crippen molar-refractivity contribution in [3.8, 4) is 0 Å². The van der Waals surface area contributed by atoms with Gasteiger partial charge in [-0.05, 0) is 24.6 Å². The average molecular weight is 375 g/mol. The molecule has 138 valence electrons. The number of aryl methyl sites for hydroxylation is 1. The third-order valence-corrected chi connectivity index (χ3v) is 4.52. The molecule has 1 fully saturated rings. The summed E-state index contributed by atoms with van der Waals surface area (Å²) in [6.07, 6.45) is 4.27. The minimum Gasteiger partial charge on any atom is -0.360 e. The van der Waals surface area contributed by atoms with Crippen molar-refractivity contribution >= 4 is 29.4 Å². The highest BCUT2D eigenvalue weighted by Crippen LogP contribution is 2.11. The first kappa shape index (κ1) is 18.6. The van der Waals surface area contributed by atoms with Crippen LogP contribution in [0.4, 0.5) is 5.82 Å². The standard InChI is InChI=1S/C19H23ClN4O2/c1-15-13-18(22-26-15)21-19(25)14-24-11-9-23(10-12-24)8-2-3-16-4-6-17(20)7-5-16/h2-7,13H,8-12,14H2,1H3,(H,21,22,25)/b3-2+. The van der Waals surface area contributed by atoms with E-state index in [2.05, 4.69) is 32.4 Å². The molecule has 1 saturated heterocycles. The van der Waals surface area contributed by atoms with Crippen LogP contribution in [0.3, 0.4) is 0 Å². The second-order valence-corrected chi connectivity index (χ2v) is 6.84. The van der Waals surface area contributed by atoms with Gasteiger partial charge in [0.15, 0.2) is 5.82 Å². The van der Waals surface area contributed by atoms with Gasteiger partial charge in [0.05, 0.1) is 6.54 Å². The SMILES string of the molecule is Cc1cc(NC(=O)CN2CCN(C/C=C/c3ccc(Cl)cc3)CC2)no1. The first-order valence-corrected chi connectivity index (χ1v) is 9.06. The number of piperazine rings is 1. The lowest BCUT2D eigenvalue weighted by Gasteiger charge is -2.33. The minimum atomic E-state index is -0.0608. The fraction of sp³-hybridized carbons (Fsp3) is 0.368. The van der Waals surface area contributed by atoms with Gasteiger partial charge >= 0.3 is 0 Å². The molecule has 1 aromatic carbocycles. The van der Waals surface area contributed by atoms with Gasteiger partial charge in [0.1, 0.15) is 5.76 Å². The number of rotatable bonds is 6. The van der Waals surface area contributed by atoms with E-state index >= 15 is 0 Å². The topological polar surface area (TPSA) is 61.6 Å². The number of hydrogen-bond donors (Lipinski definition) is 1. The summed E-state index contributed by atoms with van der Waals surface area (Å²) in [6, 6.07) is 9.51. The van der Waals surface area contributed by atoms with Gasteiger partial charge in [-0.15, -0.1) is 0 Å². The van der Waals surface area contributed by atoms with E-state index in [4.69, 9.17) is 16.1 Å². The Bertz CT molecular complexity index is 749. The largest absolute Gasteiger partial charge is 0.360 e. The van der Waals surface area contributed by atoms with E-state index in [-0.39, 0.29) is 5.91 Å². The Hall–Kier alpha value is -2.15. The van der Waals surface area contributed by atoms with Crippen LogP contribution in [-0.2, 0) is 4.79 Å². The number of nitrogens with one attached hydrogen (secondary N) is 1. The molecule has 0 bridgehead atoms. The van der Waals surface area contributed by atoms with Gasteiger partial charge in [-0.1, -0.05) is 41.0 Å². The van der Waals surface area contributed by atoms with E-state index < -0.39 is 0 Å². The summed E-state index contributed by atoms with van der Waals surface area (Å²) in [5.74, 6) is 1.09. The van der Waals surface area contributed by atoms with Gasteiger partial charge in [0.2, 0.25) is 5.91 Å². The molecule has 1 aliphatic heterocycles. The van der Waals surface area contributed by atoms with Gasteiger partial charge in [0.25, 0.3) is 0 Å². The Kier molecular flexibility index (Phi) is 6.44. The number of benzene rings is 1. The van der Waals surface area contributed by atoms with E-state index in [0.717, 1.165) is 43.3 Å². The highest BCUT2D eigenvalue weighted by molar-refractivity contribution is 6.30. The van der Waals surface area contributed by atoms with Crippen molar-refractivity contribution in [2.24, 2.45) is 0 Å². The molecular weight excluding hydrogens is 352 g/mol. The lowest BCUT2D eigenvalue weighted by molar-refractivity contribution is -0.117. The maximum absolute atomic E-state index is 12.1. The van der Waals surface area contributed by atoms with Crippen molar-refractivity contribution in [1.29, 1.82) is 0 Å². The number of amides is 1. The fourth-order valence-electron chi connectivity index (χ4n) is 2.85. The second kappa shape index (κ2) is 8.98. The summed E-state index contributed by atoms with van der Waals surface area (Å²) in [5, 5.41) is 7.28. The summed E-state index contributed by atoms with van der Waals surface area (Å²) < 4.78 is 4.95. The Morgan fingerprint density at radius 3 is 2.58 bits per heavy atom. The van der Waals surface area contributed by atoms with Gasteiger partial charge in [-0.3, -0.25) is 14.6 Å². The van der Waals surface area contributed by atoms with Crippen LogP contribution >= 0.6 is 11.6 Å². The maximum atomic E-state index is 12.1. The second-order valence-electron chi connectivity index (χ2n) is 6.40. The number of hydrogen-bond acceptors (Lipinski definition) is 5. The fourth-order valence-corrected chi connectivity index (χ4v) is 2.98. The number of aromatic nitrogens is 1. The predicted octanol–water partition coefficient (Wildman–Crippen LogP) is 2.91. The van der Waals surface area contributed by atoms with Gasteiger partial charge in [-0.2, -0.15) is 0 Å². The van der Waals surface area contributed by atoms with Crippen LogP contribution in [0.1, 0.15) is 11.3 Å². The van der Waals surface area contributed by atoms with E-state index in [9.17, 15) is 4.79 Å². The predicted molar refractivity (Wildman–Crippen MR) is 103 cm³/mol. The molecule has 7 heteroatoms. The van der Waals surface area contributed by atoms with Gasteiger partial charge in [0, 0.05) is 43.8 Å². The normalized spacial score (nSPS) is 16.2. The molecule has 2 heterocycles. The van der Waals surface area contributed by atoms with Crippen LogP contribution in [0.25, 0.3) is 6.08 Å². The molecule has 3 rings (SSSR count). The molecule has 0 radical (unpaired) electrons. The summed E-state index contributed by atoms with van der Waals surface area (Å²) in [4.78, 5) is 16.6. The quantitative estimate of drug-likeness (QED) is 0.842. The summed E-state index contributed by atoms with van der Waals surface area (Å²) in [5.41, 5.74) is 1.15. The molecule has 0 atom stereocenters. The van der Waals surface area contributed by atoms with Gasteiger partial charge in [-0.25, -0.2) is 0 Å². The van der Waals surface area contributed by atoms with Crippen LogP contribution in [0, 0.1) is 6.92 Å². The molecular formula is C19H23ClN4O2. The summed E-state index contributed by atoms with van der Waals surface area (Å²) in [6.45, 7) is 6.72. The van der Waals surface area contributed by atoms with Crippen molar-refractivity contribution in [2.75, 3.05) is 44.6 Å². The Morgan fingerprint density at radius 2 is 1.92 bits per heavy atom. The van der Waals surface area contributed by atoms with Gasteiger partial charge < -0.3 is 9.84 Å². The maximum Gasteiger partial charge on any atom is 0.239 e. The number of carbonyl (C=O) groups is 1. The first-order chi connectivity index (χ1) is 12.6. The molecule has 1 aromatic heterocycles. The Balaban J connectivity index is 1.37. The number of anilines is 1. The number of nitrogens with zero attached hydrogens (tertiary/aromatic N) is 3. The number of halogens is 1. The number of carbonyl (C=O) groups excluding carboxylic acids is 1. The highest BCUT2D eigenvalue weighted by Gasteiger charge is 2.18. The highest BCUT2D eigenvalue weighted by atomic mass is 35.5. The van der Waals surface area contributed by atoms with Crippen molar-refractivity contribution in [3.63, 3.8) is 0 Å². The van der Waals surface area contributed by atoms with Crippen LogP contribution in [0.15, 0.2) is 40.9 Å². The van der Waals surface area contributed by atoms with E-state index in [1.165, 1.54) is 0 Å². The van der Waals surface area contributed by atoms with E-state index in [1.807, 2.05) is 24.3 Å². The van der Waals surface area contributed by atoms with E-state index in [0.29, 0.717) is 18.1 Å². The third-order valence-electron chi connectivity index (χ3n) is 4.27. The molecule has 0 spiro atoms. The average Bonchev–Trinajstić information content (AvgIpc) is 3.03. The molecule has 26 heavy (non-hydrogen) atoms. The third kappa shape index (κ3) is 5.69. The van der Waals surface area contributed by atoms with E-state index in [1.54, 1.807) is 13.0 Å². The molecule has 0 aliphatic carbocycles. The van der Waals surface area contributed by atoms with Crippen molar-refractivity contribution in [1.82, 2.24) is 15.0 Å². The van der Waals surface area contributed by atoms with Crippen molar-refractivity contribution in [3.05, 3.63) is 52.8 Å². The Labute approximate surface area is 158 Å². The zero-order valence-electron chi connectivity index (χ0n) is 14.8. The smallest absolute Gasteiger partial charge is 0.239 e. The zero-order chi connectivity index (χ0) is 18.4. The Morgan fingerprint density at radius 1 is 1.23 bits per heavy atom. The van der Waals surface area contributed by atoms with Crippen molar-refractivity contribution in [2.45, 2.75) is 6.92 Å². The lowest BCUT2D eigenvalue weighted by Crippen LogP contribution is -2.48. The monoisotopic (exact) mass is 374 g/mol. The molecule has 1 amide bonds. The first-order valence-electron chi connectivity index (χ1n) is 8.68. The van der Waals surface area contributed by atoms with Crippen LogP contribution < -0.4 is 5.32 Å². The summed E-state index contributed by atoms with van der Waals surface area (Å²) in [7, 11) is 0. The van der Waals surface area contributed by atoms with Crippen molar-refractivity contribution < 1.29 is 9.32 Å². The molecule has 2 aromatic rings. The molecule has 0 unspecified atom stereocenters. The molecule has 1 N–H and O–H groups in total. The minimum absolute atomic E-state index is 0.0608. The molecule has 6 nitrogen and oxygen atoms in total. The molecule has 0 saturated carbocycles. The lowest BCUT2D eigenvalue weighted by atomic mass is 10.2. The zero-order valence-corrected chi connectivity index (χ0v) is 15.6. The summed E-state index contributed by atoms with van der Waals surface area (Å²) >= 11 is 5.89. The van der Waals surface area contributed by atoms with Crippen LogP contribution in [0.5, 0.6) is 0 Å². The van der Waals surface area contributed by atoms with Crippen LogP contribution in [-0.4, -0.2) is 60.1 Å². The molecule has 1 aliphatic rings. The van der Waals surface area contributed by atoms with Crippen LogP contribution in [0.2, 0.25) is 5.02 Å².